The summed E-state index contributed by atoms with van der Waals surface area (Å²) < 4.78 is 0. The molecule has 4 aliphatic heterocycles. The number of carbonyl (C=O) groups is 4. The second-order valence-corrected chi connectivity index (χ2v) is 7.68. The van der Waals surface area contributed by atoms with Crippen molar-refractivity contribution in [3.05, 3.63) is 0 Å². The van der Waals surface area contributed by atoms with Gasteiger partial charge in [0.2, 0.25) is 11.8 Å². The van der Waals surface area contributed by atoms with Gasteiger partial charge >= 0.3 is 59.1 Å². The summed E-state index contributed by atoms with van der Waals surface area (Å²) in [5.41, 5.74) is 0. The quantitative estimate of drug-likeness (QED) is 0.337. The Balaban J connectivity index is 0.000000222. The van der Waals surface area contributed by atoms with Crippen LogP contribution in [0.5, 0.6) is 0 Å². The summed E-state index contributed by atoms with van der Waals surface area (Å²) in [5, 5.41) is 21.1. The Labute approximate surface area is 191 Å². The van der Waals surface area contributed by atoms with Crippen LogP contribution in [-0.4, -0.2) is 67.9 Å². The van der Waals surface area contributed by atoms with E-state index < -0.39 is 24.0 Å². The van der Waals surface area contributed by atoms with E-state index in [0.717, 1.165) is 0 Å². The number of thioether (sulfide) groups is 2. The smallest absolute Gasteiger partial charge is 0.548 e. The van der Waals surface area contributed by atoms with Crippen molar-refractivity contribution in [2.45, 2.75) is 35.7 Å². The van der Waals surface area contributed by atoms with E-state index in [1.807, 2.05) is 0 Å². The molecule has 0 saturated carbocycles. The summed E-state index contributed by atoms with van der Waals surface area (Å²) in [4.78, 5) is 45.3. The minimum Gasteiger partial charge on any atom is -0.548 e. The number of nitrogens with zero attached hydrogens (tertiary/aromatic N) is 2. The molecule has 4 heterocycles. The maximum absolute atomic E-state index is 10.8. The number of carbonyl (C=O) groups excluding carboxylic acids is 4. The first-order chi connectivity index (χ1) is 10.4. The molecule has 4 saturated heterocycles. The van der Waals surface area contributed by atoms with Crippen molar-refractivity contribution >= 4 is 47.3 Å². The standard InChI is InChI=1S/2C6H7NO3S.2Na/c2*8-4-1-5-7(4)3(2-11-5)6(9)10;;/h2*3,5H,1-2H2,(H,9,10);;/q;;2*+1/p-2. The maximum atomic E-state index is 10.8. The first-order valence-corrected chi connectivity index (χ1v) is 8.77. The van der Waals surface area contributed by atoms with Gasteiger partial charge in [0.25, 0.3) is 0 Å². The van der Waals surface area contributed by atoms with Crippen LogP contribution in [0.3, 0.4) is 0 Å². The number of fused-ring (bicyclic) bond motifs is 2. The van der Waals surface area contributed by atoms with Gasteiger partial charge in [-0.1, -0.05) is 0 Å². The molecule has 0 radical (unpaired) electrons. The van der Waals surface area contributed by atoms with Crippen molar-refractivity contribution in [2.75, 3.05) is 11.5 Å². The molecular formula is C12H12N2Na2O6S2. The van der Waals surface area contributed by atoms with Gasteiger partial charge in [-0.05, 0) is 0 Å². The normalized spacial score (nSPS) is 32.0. The van der Waals surface area contributed by atoms with Gasteiger partial charge in [0, 0.05) is 11.5 Å². The third kappa shape index (κ3) is 4.11. The van der Waals surface area contributed by atoms with Crippen LogP contribution in [0.25, 0.3) is 0 Å². The molecule has 0 aromatic rings. The zero-order chi connectivity index (χ0) is 16.0. The fraction of sp³-hybridized carbons (Fsp3) is 0.667. The van der Waals surface area contributed by atoms with Crippen LogP contribution in [0.15, 0.2) is 0 Å². The third-order valence-electron chi connectivity index (χ3n) is 4.00. The third-order valence-corrected chi connectivity index (χ3v) is 6.58. The number of carboxylic acid groups (broad SMARTS) is 2. The number of hydrogen-bond donors (Lipinski definition) is 0. The average Bonchev–Trinajstić information content (AvgIpc) is 2.96. The molecule has 4 fully saturated rings. The topological polar surface area (TPSA) is 121 Å². The van der Waals surface area contributed by atoms with Crippen molar-refractivity contribution in [1.29, 1.82) is 0 Å². The molecule has 0 spiro atoms. The van der Waals surface area contributed by atoms with Crippen molar-refractivity contribution < 1.29 is 88.5 Å². The van der Waals surface area contributed by atoms with Gasteiger partial charge in [-0.25, -0.2) is 0 Å². The van der Waals surface area contributed by atoms with Gasteiger partial charge in [0.05, 0.1) is 47.6 Å². The number of rotatable bonds is 2. The first-order valence-electron chi connectivity index (χ1n) is 6.67. The van der Waals surface area contributed by atoms with Crippen LogP contribution in [-0.2, 0) is 19.2 Å². The summed E-state index contributed by atoms with van der Waals surface area (Å²) >= 11 is 3.03. The molecule has 24 heavy (non-hydrogen) atoms. The Kier molecular flexibility index (Phi) is 8.47. The average molecular weight is 390 g/mol. The van der Waals surface area contributed by atoms with E-state index in [0.29, 0.717) is 24.3 Å². The molecule has 0 aliphatic carbocycles. The van der Waals surface area contributed by atoms with Crippen LogP contribution in [0.1, 0.15) is 12.8 Å². The Hall–Kier alpha value is 0.580. The van der Waals surface area contributed by atoms with Gasteiger partial charge < -0.3 is 29.6 Å². The maximum Gasteiger partial charge on any atom is 1.00 e. The molecule has 0 aromatic heterocycles. The van der Waals surface area contributed by atoms with Crippen molar-refractivity contribution in [3.8, 4) is 0 Å². The zero-order valence-corrected chi connectivity index (χ0v) is 18.9. The summed E-state index contributed by atoms with van der Waals surface area (Å²) in [5.74, 6) is -1.41. The first kappa shape index (κ1) is 22.6. The largest absolute Gasteiger partial charge is 1.00 e. The van der Waals surface area contributed by atoms with Crippen molar-refractivity contribution in [1.82, 2.24) is 9.80 Å². The van der Waals surface area contributed by atoms with Crippen LogP contribution < -0.4 is 69.3 Å². The summed E-state index contributed by atoms with van der Waals surface area (Å²) in [7, 11) is 0. The predicted octanol–water partition coefficient (Wildman–Crippen LogP) is -9.17. The molecule has 8 nitrogen and oxygen atoms in total. The molecular weight excluding hydrogens is 378 g/mol. The minimum absolute atomic E-state index is 0. The molecule has 12 heteroatoms. The fourth-order valence-electron chi connectivity index (χ4n) is 2.76. The van der Waals surface area contributed by atoms with Gasteiger partial charge in [0.1, 0.15) is 0 Å². The Bertz CT molecular complexity index is 502. The van der Waals surface area contributed by atoms with Gasteiger partial charge in [-0.15, -0.1) is 23.5 Å². The molecule has 4 atom stereocenters. The van der Waals surface area contributed by atoms with E-state index in [1.54, 1.807) is 0 Å². The molecule has 4 rings (SSSR count). The summed E-state index contributed by atoms with van der Waals surface area (Å²) in [6, 6.07) is -1.35. The molecule has 2 amide bonds. The number of aliphatic carboxylic acids is 2. The van der Waals surface area contributed by atoms with Crippen molar-refractivity contribution in [3.63, 3.8) is 0 Å². The molecule has 0 N–H and O–H groups in total. The molecule has 0 aromatic carbocycles. The van der Waals surface area contributed by atoms with E-state index in [-0.39, 0.29) is 81.7 Å². The molecule has 120 valence electrons. The number of carboxylic acids is 2. The van der Waals surface area contributed by atoms with Gasteiger partial charge in [-0.2, -0.15) is 0 Å². The minimum atomic E-state index is -1.13. The fourth-order valence-corrected chi connectivity index (χ4v) is 5.53. The number of amides is 2. The number of β-lactam (4-membered cyclic amide) rings is 2. The van der Waals surface area contributed by atoms with Crippen molar-refractivity contribution in [2.24, 2.45) is 0 Å². The molecule has 4 unspecified atom stereocenters. The van der Waals surface area contributed by atoms with E-state index in [2.05, 4.69) is 0 Å². The van der Waals surface area contributed by atoms with E-state index >= 15 is 0 Å². The van der Waals surface area contributed by atoms with E-state index in [1.165, 1.54) is 33.3 Å². The SMILES string of the molecule is O=C([O-])C1CSC2CC(=O)N21.O=C([O-])C1CSC2CC(=O)N21.[Na+].[Na+]. The molecule has 4 aliphatic rings. The van der Waals surface area contributed by atoms with Crippen LogP contribution >= 0.6 is 23.5 Å². The Morgan fingerprint density at radius 1 is 0.833 bits per heavy atom. The summed E-state index contributed by atoms with van der Waals surface area (Å²) in [6.07, 6.45) is 0.989. The van der Waals surface area contributed by atoms with Crippen LogP contribution in [0, 0.1) is 0 Å². The van der Waals surface area contributed by atoms with Gasteiger partial charge in [-0.3, -0.25) is 9.59 Å². The second-order valence-electron chi connectivity index (χ2n) is 5.26. The van der Waals surface area contributed by atoms with E-state index in [4.69, 9.17) is 0 Å². The molecule has 0 bridgehead atoms. The zero-order valence-electron chi connectivity index (χ0n) is 13.3. The Morgan fingerprint density at radius 3 is 1.38 bits per heavy atom. The second kappa shape index (κ2) is 8.98. The number of hydrogen-bond acceptors (Lipinski definition) is 8. The van der Waals surface area contributed by atoms with Gasteiger partial charge in [0.15, 0.2) is 0 Å². The van der Waals surface area contributed by atoms with Crippen LogP contribution in [0.4, 0.5) is 0 Å². The monoisotopic (exact) mass is 390 g/mol. The Morgan fingerprint density at radius 2 is 1.17 bits per heavy atom. The predicted molar refractivity (Wildman–Crippen MR) is 73.0 cm³/mol. The van der Waals surface area contributed by atoms with E-state index in [9.17, 15) is 29.4 Å². The van der Waals surface area contributed by atoms with Crippen LogP contribution in [0.2, 0.25) is 0 Å². The summed E-state index contributed by atoms with van der Waals surface area (Å²) in [6.45, 7) is 0.